The van der Waals surface area contributed by atoms with Crippen molar-refractivity contribution in [3.8, 4) is 17.0 Å². The highest BCUT2D eigenvalue weighted by molar-refractivity contribution is 5.76. The molecule has 3 aliphatic heterocycles. The number of nitrogens with zero attached hydrogens (tertiary/aromatic N) is 5. The Bertz CT molecular complexity index is 1250. The number of aromatic nitrogens is 3. The number of pyridine rings is 1. The first kappa shape index (κ1) is 21.2. The van der Waals surface area contributed by atoms with Gasteiger partial charge in [0, 0.05) is 55.6 Å². The molecule has 0 radical (unpaired) electrons. The molecule has 2 aromatic heterocycles. The predicted molar refractivity (Wildman–Crippen MR) is 128 cm³/mol. The van der Waals surface area contributed by atoms with Gasteiger partial charge in [0.05, 0.1) is 32.9 Å². The van der Waals surface area contributed by atoms with Crippen molar-refractivity contribution in [2.45, 2.75) is 38.8 Å². The third kappa shape index (κ3) is 3.53. The highest BCUT2D eigenvalue weighted by Gasteiger charge is 2.34. The molecule has 6 rings (SSSR count). The monoisotopic (exact) mass is 459 g/mol. The fourth-order valence-corrected chi connectivity index (χ4v) is 5.28. The summed E-state index contributed by atoms with van der Waals surface area (Å²) in [6.45, 7) is 5.35. The van der Waals surface area contributed by atoms with Crippen molar-refractivity contribution in [2.75, 3.05) is 38.3 Å². The molecule has 1 aromatic carbocycles. The molecule has 1 amide bonds. The van der Waals surface area contributed by atoms with E-state index in [0.717, 1.165) is 49.3 Å². The molecule has 5 heterocycles. The van der Waals surface area contributed by atoms with E-state index in [4.69, 9.17) is 14.6 Å². The topological polar surface area (TPSA) is 72.7 Å². The van der Waals surface area contributed by atoms with Gasteiger partial charge in [0.1, 0.15) is 0 Å². The lowest BCUT2D eigenvalue weighted by Crippen LogP contribution is -2.37. The lowest BCUT2D eigenvalue weighted by atomic mass is 9.96. The summed E-state index contributed by atoms with van der Waals surface area (Å²) in [5, 5.41) is 5.13. The van der Waals surface area contributed by atoms with Crippen LogP contribution in [0.3, 0.4) is 0 Å². The Hall–Kier alpha value is -3.39. The molecule has 0 atom stereocenters. The number of hydrogen-bond acceptors (Lipinski definition) is 6. The number of anilines is 2. The van der Waals surface area contributed by atoms with Crippen molar-refractivity contribution in [3.63, 3.8) is 0 Å². The summed E-state index contributed by atoms with van der Waals surface area (Å²) >= 11 is 0. The number of hydrogen-bond donors (Lipinski definition) is 0. The average Bonchev–Trinajstić information content (AvgIpc) is 3.20. The molecular weight excluding hydrogens is 430 g/mol. The van der Waals surface area contributed by atoms with Gasteiger partial charge in [-0.1, -0.05) is 6.07 Å². The molecule has 0 aliphatic carbocycles. The van der Waals surface area contributed by atoms with E-state index in [9.17, 15) is 4.79 Å². The van der Waals surface area contributed by atoms with Crippen LogP contribution in [-0.2, 0) is 28.9 Å². The van der Waals surface area contributed by atoms with Crippen LogP contribution in [0.4, 0.5) is 11.5 Å². The van der Waals surface area contributed by atoms with Crippen LogP contribution in [0.25, 0.3) is 11.1 Å². The Balaban J connectivity index is 1.40. The number of carbonyl (C=O) groups is 1. The Morgan fingerprint density at radius 2 is 1.97 bits per heavy atom. The smallest absolute Gasteiger partial charge is 0.219 e. The molecule has 1 fully saturated rings. The second kappa shape index (κ2) is 8.43. The average molecular weight is 460 g/mol. The molecular formula is C26H29N5O3. The van der Waals surface area contributed by atoms with Gasteiger partial charge >= 0.3 is 0 Å². The summed E-state index contributed by atoms with van der Waals surface area (Å²) in [5.74, 6) is 1.73. The molecule has 3 aliphatic rings. The first-order chi connectivity index (χ1) is 16.6. The molecule has 176 valence electrons. The number of methoxy groups -OCH3 is 1. The lowest BCUT2D eigenvalue weighted by Gasteiger charge is -2.33. The molecule has 8 nitrogen and oxygen atoms in total. The summed E-state index contributed by atoms with van der Waals surface area (Å²) < 4.78 is 13.0. The van der Waals surface area contributed by atoms with Gasteiger partial charge in [-0.15, -0.1) is 0 Å². The maximum atomic E-state index is 12.2. The maximum Gasteiger partial charge on any atom is 0.219 e. The largest absolute Gasteiger partial charge is 0.481 e. The van der Waals surface area contributed by atoms with Crippen molar-refractivity contribution >= 4 is 17.4 Å². The molecule has 0 N–H and O–H groups in total. The highest BCUT2D eigenvalue weighted by Crippen LogP contribution is 2.40. The zero-order valence-corrected chi connectivity index (χ0v) is 19.7. The van der Waals surface area contributed by atoms with Gasteiger partial charge in [0.25, 0.3) is 0 Å². The van der Waals surface area contributed by atoms with Crippen LogP contribution in [0, 0.1) is 0 Å². The summed E-state index contributed by atoms with van der Waals surface area (Å²) in [4.78, 5) is 20.7. The molecule has 0 unspecified atom stereocenters. The number of carbonyl (C=O) groups excluding carboxylic acids is 1. The maximum absolute atomic E-state index is 12.2. The summed E-state index contributed by atoms with van der Waals surface area (Å²) in [6, 6.07) is 10.9. The van der Waals surface area contributed by atoms with E-state index >= 15 is 0 Å². The zero-order valence-electron chi connectivity index (χ0n) is 19.7. The quantitative estimate of drug-likeness (QED) is 0.595. The fourth-order valence-electron chi connectivity index (χ4n) is 5.28. The van der Waals surface area contributed by atoms with Gasteiger partial charge in [0.15, 0.2) is 5.82 Å². The van der Waals surface area contributed by atoms with E-state index in [2.05, 4.69) is 32.8 Å². The molecule has 8 heteroatoms. The summed E-state index contributed by atoms with van der Waals surface area (Å²) in [5.41, 5.74) is 7.21. The number of fused-ring (bicyclic) bond motifs is 2. The van der Waals surface area contributed by atoms with Gasteiger partial charge in [-0.05, 0) is 47.7 Å². The van der Waals surface area contributed by atoms with Gasteiger partial charge in [-0.2, -0.15) is 5.10 Å². The Morgan fingerprint density at radius 3 is 2.74 bits per heavy atom. The molecule has 34 heavy (non-hydrogen) atoms. The number of amides is 1. The minimum absolute atomic E-state index is 0.118. The second-order valence-electron chi connectivity index (χ2n) is 9.26. The van der Waals surface area contributed by atoms with E-state index < -0.39 is 0 Å². The minimum Gasteiger partial charge on any atom is -0.481 e. The van der Waals surface area contributed by atoms with Crippen LogP contribution in [0.15, 0.2) is 36.5 Å². The minimum atomic E-state index is 0.118. The first-order valence-corrected chi connectivity index (χ1v) is 12.0. The summed E-state index contributed by atoms with van der Waals surface area (Å²) in [7, 11) is 1.64. The summed E-state index contributed by atoms with van der Waals surface area (Å²) in [6.07, 6.45) is 4.70. The van der Waals surface area contributed by atoms with Crippen molar-refractivity contribution < 1.29 is 14.3 Å². The SMILES string of the molecule is COc1cc(-c2ccc3c(c2)CCCN3c2nn(C3COC3)c3c2CN(C(C)=O)CC3)ccn1. The van der Waals surface area contributed by atoms with Gasteiger partial charge in [-0.25, -0.2) is 4.98 Å². The van der Waals surface area contributed by atoms with Crippen LogP contribution in [0.5, 0.6) is 5.88 Å². The normalized spacial score (nSPS) is 17.7. The molecule has 3 aromatic rings. The number of rotatable bonds is 4. The van der Waals surface area contributed by atoms with Gasteiger partial charge in [0.2, 0.25) is 11.8 Å². The molecule has 0 spiro atoms. The lowest BCUT2D eigenvalue weighted by molar-refractivity contribution is -0.129. The van der Waals surface area contributed by atoms with Crippen molar-refractivity contribution in [3.05, 3.63) is 53.3 Å². The molecule has 0 bridgehead atoms. The van der Waals surface area contributed by atoms with Crippen LogP contribution >= 0.6 is 0 Å². The number of aryl methyl sites for hydroxylation is 1. The van der Waals surface area contributed by atoms with E-state index in [1.165, 1.54) is 22.5 Å². The zero-order chi connectivity index (χ0) is 23.2. The fraction of sp³-hybridized carbons (Fsp3) is 0.423. The van der Waals surface area contributed by atoms with Crippen LogP contribution < -0.4 is 9.64 Å². The van der Waals surface area contributed by atoms with Crippen molar-refractivity contribution in [1.82, 2.24) is 19.7 Å². The van der Waals surface area contributed by atoms with Crippen LogP contribution in [-0.4, -0.2) is 59.0 Å². The molecule has 1 saturated heterocycles. The van der Waals surface area contributed by atoms with E-state index in [-0.39, 0.29) is 5.91 Å². The Kier molecular flexibility index (Phi) is 5.25. The highest BCUT2D eigenvalue weighted by atomic mass is 16.5. The van der Waals surface area contributed by atoms with Crippen LogP contribution in [0.2, 0.25) is 0 Å². The number of ether oxygens (including phenoxy) is 2. The predicted octanol–water partition coefficient (Wildman–Crippen LogP) is 3.51. The molecule has 0 saturated carbocycles. The van der Waals surface area contributed by atoms with Gasteiger partial charge in [-0.3, -0.25) is 9.48 Å². The Morgan fingerprint density at radius 1 is 1.12 bits per heavy atom. The van der Waals surface area contributed by atoms with Crippen molar-refractivity contribution in [1.29, 1.82) is 0 Å². The Labute approximate surface area is 199 Å². The third-order valence-electron chi connectivity index (χ3n) is 7.21. The second-order valence-corrected chi connectivity index (χ2v) is 9.26. The number of benzene rings is 1. The van der Waals surface area contributed by atoms with E-state index in [1.54, 1.807) is 20.2 Å². The van der Waals surface area contributed by atoms with Gasteiger partial charge < -0.3 is 19.3 Å². The van der Waals surface area contributed by atoms with Crippen LogP contribution in [0.1, 0.15) is 36.2 Å². The van der Waals surface area contributed by atoms with E-state index in [1.807, 2.05) is 17.0 Å². The third-order valence-corrected chi connectivity index (χ3v) is 7.21. The van der Waals surface area contributed by atoms with Crippen molar-refractivity contribution in [2.24, 2.45) is 0 Å². The standard InChI is InChI=1S/C26H29N5O3/c1-17(32)29-11-8-24-22(14-29)26(28-31(24)21-15-34-16-21)30-10-3-4-20-12-18(5-6-23(20)30)19-7-9-27-25(13-19)33-2/h5-7,9,12-13,21H,3-4,8,10-11,14-16H2,1-2H3. The van der Waals surface area contributed by atoms with E-state index in [0.29, 0.717) is 31.7 Å². The first-order valence-electron chi connectivity index (χ1n) is 12.0.